The van der Waals surface area contributed by atoms with Crippen LogP contribution in [0.1, 0.15) is 26.7 Å². The molecular formula is C13H19NO. The molecule has 1 fully saturated rings. The Labute approximate surface area is 91.6 Å². The molecule has 1 aliphatic carbocycles. The van der Waals surface area contributed by atoms with Gasteiger partial charge in [-0.3, -0.25) is 0 Å². The molecule has 0 saturated heterocycles. The molecule has 1 saturated carbocycles. The summed E-state index contributed by atoms with van der Waals surface area (Å²) in [7, 11) is 1.69. The highest BCUT2D eigenvalue weighted by Gasteiger charge is 2.42. The van der Waals surface area contributed by atoms with Crippen LogP contribution in [0.4, 0.5) is 5.69 Å². The van der Waals surface area contributed by atoms with Gasteiger partial charge < -0.3 is 10.1 Å². The predicted molar refractivity (Wildman–Crippen MR) is 63.4 cm³/mol. The van der Waals surface area contributed by atoms with Crippen LogP contribution in [0.2, 0.25) is 0 Å². The molecule has 0 aliphatic heterocycles. The Hall–Kier alpha value is -1.18. The van der Waals surface area contributed by atoms with E-state index in [1.165, 1.54) is 18.5 Å². The van der Waals surface area contributed by atoms with E-state index < -0.39 is 0 Å². The Morgan fingerprint density at radius 1 is 1.27 bits per heavy atom. The van der Waals surface area contributed by atoms with Crippen molar-refractivity contribution in [2.75, 3.05) is 12.4 Å². The lowest BCUT2D eigenvalue weighted by Gasteiger charge is -2.21. The molecule has 0 radical (unpaired) electrons. The molecule has 1 N–H and O–H groups in total. The fourth-order valence-electron chi connectivity index (χ4n) is 1.74. The van der Waals surface area contributed by atoms with Crippen molar-refractivity contribution in [1.82, 2.24) is 0 Å². The van der Waals surface area contributed by atoms with E-state index in [2.05, 4.69) is 31.3 Å². The lowest BCUT2D eigenvalue weighted by atomic mass is 10.0. The van der Waals surface area contributed by atoms with Gasteiger partial charge in [0.15, 0.2) is 0 Å². The van der Waals surface area contributed by atoms with Crippen molar-refractivity contribution in [2.45, 2.75) is 32.7 Å². The zero-order chi connectivity index (χ0) is 10.9. The summed E-state index contributed by atoms with van der Waals surface area (Å²) in [5.41, 5.74) is 1.69. The summed E-state index contributed by atoms with van der Waals surface area (Å²) in [6.45, 7) is 4.60. The first-order valence-electron chi connectivity index (χ1n) is 5.55. The lowest BCUT2D eigenvalue weighted by Crippen LogP contribution is -2.24. The van der Waals surface area contributed by atoms with Gasteiger partial charge >= 0.3 is 0 Å². The Morgan fingerprint density at radius 3 is 2.33 bits per heavy atom. The molecule has 0 heterocycles. The number of methoxy groups -OCH3 is 1. The first kappa shape index (κ1) is 10.3. The Bertz CT molecular complexity index is 327. The molecule has 2 heteroatoms. The second kappa shape index (κ2) is 3.76. The van der Waals surface area contributed by atoms with E-state index in [9.17, 15) is 0 Å². The molecule has 0 amide bonds. The maximum Gasteiger partial charge on any atom is 0.119 e. The summed E-state index contributed by atoms with van der Waals surface area (Å²) in [6, 6.07) is 8.67. The standard InChI is InChI=1S/C13H19NO/c1-10(13(2)8-9-13)14-11-4-6-12(15-3)7-5-11/h4-7,10,14H,8-9H2,1-3H3. The third-order valence-electron chi connectivity index (χ3n) is 3.56. The van der Waals surface area contributed by atoms with E-state index in [0.29, 0.717) is 11.5 Å². The van der Waals surface area contributed by atoms with E-state index in [0.717, 1.165) is 5.75 Å². The zero-order valence-electron chi connectivity index (χ0n) is 9.71. The number of ether oxygens (including phenoxy) is 1. The van der Waals surface area contributed by atoms with Crippen LogP contribution in [0, 0.1) is 5.41 Å². The minimum atomic E-state index is 0.514. The molecule has 1 atom stereocenters. The van der Waals surface area contributed by atoms with Gasteiger partial charge in [-0.15, -0.1) is 0 Å². The monoisotopic (exact) mass is 205 g/mol. The molecular weight excluding hydrogens is 186 g/mol. The highest BCUT2D eigenvalue weighted by molar-refractivity contribution is 5.47. The summed E-state index contributed by atoms with van der Waals surface area (Å²) in [6.07, 6.45) is 2.69. The van der Waals surface area contributed by atoms with Gasteiger partial charge in [0.05, 0.1) is 7.11 Å². The topological polar surface area (TPSA) is 21.3 Å². The SMILES string of the molecule is COc1ccc(NC(C)C2(C)CC2)cc1. The second-order valence-corrected chi connectivity index (χ2v) is 4.75. The maximum absolute atomic E-state index is 5.13. The first-order chi connectivity index (χ1) is 7.14. The number of benzene rings is 1. The normalized spacial score (nSPS) is 19.4. The largest absolute Gasteiger partial charge is 0.497 e. The summed E-state index contributed by atoms with van der Waals surface area (Å²) < 4.78 is 5.13. The van der Waals surface area contributed by atoms with Crippen LogP contribution in [0.15, 0.2) is 24.3 Å². The molecule has 2 rings (SSSR count). The molecule has 15 heavy (non-hydrogen) atoms. The van der Waals surface area contributed by atoms with Crippen molar-refractivity contribution in [3.05, 3.63) is 24.3 Å². The van der Waals surface area contributed by atoms with E-state index in [1.807, 2.05) is 12.1 Å². The van der Waals surface area contributed by atoms with Crippen molar-refractivity contribution in [2.24, 2.45) is 5.41 Å². The van der Waals surface area contributed by atoms with Gasteiger partial charge in [-0.2, -0.15) is 0 Å². The van der Waals surface area contributed by atoms with Crippen molar-refractivity contribution < 1.29 is 4.74 Å². The van der Waals surface area contributed by atoms with Crippen LogP contribution in [0.5, 0.6) is 5.75 Å². The Morgan fingerprint density at radius 2 is 1.87 bits per heavy atom. The highest BCUT2D eigenvalue weighted by atomic mass is 16.5. The molecule has 0 aromatic heterocycles. The molecule has 82 valence electrons. The third kappa shape index (κ3) is 2.25. The maximum atomic E-state index is 5.13. The minimum absolute atomic E-state index is 0.514. The Balaban J connectivity index is 1.98. The van der Waals surface area contributed by atoms with E-state index in [4.69, 9.17) is 4.74 Å². The van der Waals surface area contributed by atoms with Crippen molar-refractivity contribution in [1.29, 1.82) is 0 Å². The van der Waals surface area contributed by atoms with Gasteiger partial charge in [0, 0.05) is 11.7 Å². The predicted octanol–water partition coefficient (Wildman–Crippen LogP) is 3.30. The Kier molecular flexibility index (Phi) is 2.59. The van der Waals surface area contributed by atoms with Gasteiger partial charge in [0.1, 0.15) is 5.75 Å². The fourth-order valence-corrected chi connectivity index (χ4v) is 1.74. The number of hydrogen-bond donors (Lipinski definition) is 1. The van der Waals surface area contributed by atoms with Crippen LogP contribution >= 0.6 is 0 Å². The van der Waals surface area contributed by atoms with Crippen molar-refractivity contribution in [3.63, 3.8) is 0 Å². The van der Waals surface area contributed by atoms with Gasteiger partial charge in [-0.25, -0.2) is 0 Å². The molecule has 0 bridgehead atoms. The van der Waals surface area contributed by atoms with Gasteiger partial charge in [0.25, 0.3) is 0 Å². The first-order valence-corrected chi connectivity index (χ1v) is 5.55. The molecule has 1 aromatic carbocycles. The fraction of sp³-hybridized carbons (Fsp3) is 0.538. The van der Waals surface area contributed by atoms with Crippen molar-refractivity contribution >= 4 is 5.69 Å². The smallest absolute Gasteiger partial charge is 0.119 e. The summed E-state index contributed by atoms with van der Waals surface area (Å²) in [5.74, 6) is 0.908. The average Bonchev–Trinajstić information content (AvgIpc) is 2.99. The number of hydrogen-bond acceptors (Lipinski definition) is 2. The highest BCUT2D eigenvalue weighted by Crippen LogP contribution is 2.48. The summed E-state index contributed by atoms with van der Waals surface area (Å²) >= 11 is 0. The van der Waals surface area contributed by atoms with Crippen LogP contribution in [0.3, 0.4) is 0 Å². The lowest BCUT2D eigenvalue weighted by molar-refractivity contribution is 0.415. The number of anilines is 1. The second-order valence-electron chi connectivity index (χ2n) is 4.75. The van der Waals surface area contributed by atoms with E-state index in [1.54, 1.807) is 7.11 Å². The van der Waals surface area contributed by atoms with E-state index >= 15 is 0 Å². The molecule has 1 aromatic rings. The number of rotatable bonds is 4. The third-order valence-corrected chi connectivity index (χ3v) is 3.56. The van der Waals surface area contributed by atoms with E-state index in [-0.39, 0.29) is 0 Å². The average molecular weight is 205 g/mol. The molecule has 1 unspecified atom stereocenters. The van der Waals surface area contributed by atoms with Gasteiger partial charge in [0.2, 0.25) is 0 Å². The van der Waals surface area contributed by atoms with Crippen molar-refractivity contribution in [3.8, 4) is 5.75 Å². The zero-order valence-corrected chi connectivity index (χ0v) is 9.71. The van der Waals surface area contributed by atoms with Crippen LogP contribution < -0.4 is 10.1 Å². The van der Waals surface area contributed by atoms with Crippen LogP contribution in [-0.4, -0.2) is 13.2 Å². The molecule has 1 aliphatic rings. The van der Waals surface area contributed by atoms with Crippen LogP contribution in [-0.2, 0) is 0 Å². The number of nitrogens with one attached hydrogen (secondary N) is 1. The quantitative estimate of drug-likeness (QED) is 0.814. The summed E-state index contributed by atoms with van der Waals surface area (Å²) in [4.78, 5) is 0. The van der Waals surface area contributed by atoms with Gasteiger partial charge in [-0.1, -0.05) is 6.92 Å². The van der Waals surface area contributed by atoms with Gasteiger partial charge in [-0.05, 0) is 49.4 Å². The molecule has 2 nitrogen and oxygen atoms in total. The van der Waals surface area contributed by atoms with Crippen LogP contribution in [0.25, 0.3) is 0 Å². The summed E-state index contributed by atoms with van der Waals surface area (Å²) in [5, 5.41) is 3.54. The minimum Gasteiger partial charge on any atom is -0.497 e. The molecule has 0 spiro atoms.